The SMILES string of the molecule is O=C(O)CC(NC(=O)c1nc(N2CCCC2)ncc1Cl)c1cccs1. The highest BCUT2D eigenvalue weighted by molar-refractivity contribution is 7.10. The molecule has 1 atom stereocenters. The van der Waals surface area contributed by atoms with E-state index in [0.29, 0.717) is 5.95 Å². The van der Waals surface area contributed by atoms with Gasteiger partial charge in [0.1, 0.15) is 0 Å². The fraction of sp³-hybridized carbons (Fsp3) is 0.375. The number of hydrogen-bond acceptors (Lipinski definition) is 6. The third kappa shape index (κ3) is 4.26. The molecule has 3 heterocycles. The molecule has 2 aromatic rings. The minimum Gasteiger partial charge on any atom is -0.481 e. The number of aromatic nitrogens is 2. The highest BCUT2D eigenvalue weighted by atomic mass is 35.5. The summed E-state index contributed by atoms with van der Waals surface area (Å²) in [5.41, 5.74) is 0.0607. The van der Waals surface area contributed by atoms with E-state index in [1.54, 1.807) is 6.07 Å². The molecule has 0 aliphatic carbocycles. The second-order valence-corrected chi connectivity index (χ2v) is 7.09. The normalized spacial score (nSPS) is 15.2. The van der Waals surface area contributed by atoms with Gasteiger partial charge in [0.15, 0.2) is 5.69 Å². The van der Waals surface area contributed by atoms with E-state index < -0.39 is 17.9 Å². The molecule has 0 aromatic carbocycles. The summed E-state index contributed by atoms with van der Waals surface area (Å²) in [6.45, 7) is 1.69. The molecule has 3 rings (SSSR count). The number of halogens is 1. The maximum absolute atomic E-state index is 12.6. The van der Waals surface area contributed by atoms with Gasteiger partial charge >= 0.3 is 5.97 Å². The van der Waals surface area contributed by atoms with E-state index in [0.717, 1.165) is 30.8 Å². The van der Waals surface area contributed by atoms with Crippen molar-refractivity contribution in [3.8, 4) is 0 Å². The zero-order valence-corrected chi connectivity index (χ0v) is 14.9. The van der Waals surface area contributed by atoms with Crippen molar-refractivity contribution in [2.24, 2.45) is 0 Å². The number of nitrogens with zero attached hydrogens (tertiary/aromatic N) is 3. The van der Waals surface area contributed by atoms with Crippen molar-refractivity contribution in [3.05, 3.63) is 39.3 Å². The van der Waals surface area contributed by atoms with Gasteiger partial charge in [0.2, 0.25) is 5.95 Å². The minimum absolute atomic E-state index is 0.0607. The number of carbonyl (C=O) groups excluding carboxylic acids is 1. The Bertz CT molecular complexity index is 763. The van der Waals surface area contributed by atoms with Gasteiger partial charge in [0, 0.05) is 18.0 Å². The Morgan fingerprint density at radius 2 is 2.16 bits per heavy atom. The Hall–Kier alpha value is -2.19. The van der Waals surface area contributed by atoms with Crippen molar-refractivity contribution in [2.75, 3.05) is 18.0 Å². The number of hydrogen-bond donors (Lipinski definition) is 2. The third-order valence-electron chi connectivity index (χ3n) is 3.91. The predicted molar refractivity (Wildman–Crippen MR) is 95.3 cm³/mol. The number of carboxylic acid groups (broad SMARTS) is 1. The number of nitrogens with one attached hydrogen (secondary N) is 1. The van der Waals surface area contributed by atoms with Crippen molar-refractivity contribution in [1.29, 1.82) is 0 Å². The monoisotopic (exact) mass is 380 g/mol. The highest BCUT2D eigenvalue weighted by Crippen LogP contribution is 2.24. The van der Waals surface area contributed by atoms with Gasteiger partial charge in [-0.1, -0.05) is 17.7 Å². The Morgan fingerprint density at radius 3 is 2.80 bits per heavy atom. The largest absolute Gasteiger partial charge is 0.481 e. The van der Waals surface area contributed by atoms with E-state index in [1.807, 2.05) is 16.3 Å². The predicted octanol–water partition coefficient (Wildman–Crippen LogP) is 2.74. The molecule has 132 valence electrons. The van der Waals surface area contributed by atoms with Crippen LogP contribution in [0, 0.1) is 0 Å². The number of carbonyl (C=O) groups is 2. The van der Waals surface area contributed by atoms with Crippen LogP contribution in [0.2, 0.25) is 5.02 Å². The van der Waals surface area contributed by atoms with E-state index in [1.165, 1.54) is 17.5 Å². The molecular weight excluding hydrogens is 364 g/mol. The van der Waals surface area contributed by atoms with Crippen LogP contribution in [0.25, 0.3) is 0 Å². The second-order valence-electron chi connectivity index (χ2n) is 5.70. The van der Waals surface area contributed by atoms with Crippen LogP contribution in [0.3, 0.4) is 0 Å². The van der Waals surface area contributed by atoms with Gasteiger partial charge in [-0.2, -0.15) is 0 Å². The summed E-state index contributed by atoms with van der Waals surface area (Å²) in [4.78, 5) is 35.0. The molecule has 2 aromatic heterocycles. The first kappa shape index (κ1) is 17.6. The lowest BCUT2D eigenvalue weighted by molar-refractivity contribution is -0.137. The third-order valence-corrected chi connectivity index (χ3v) is 5.17. The molecule has 0 bridgehead atoms. The summed E-state index contributed by atoms with van der Waals surface area (Å²) in [5, 5.41) is 13.8. The number of thiophene rings is 1. The molecule has 2 N–H and O–H groups in total. The van der Waals surface area contributed by atoms with Gasteiger partial charge in [0.05, 0.1) is 23.7 Å². The van der Waals surface area contributed by atoms with Crippen LogP contribution in [0.4, 0.5) is 5.95 Å². The Labute approximate surface area is 153 Å². The zero-order chi connectivity index (χ0) is 17.8. The standard InChI is InChI=1S/C16H17ClN4O3S/c17-10-9-18-16(21-5-1-2-6-21)20-14(10)15(24)19-11(8-13(22)23)12-4-3-7-25-12/h3-4,7,9,11H,1-2,5-6,8H2,(H,19,24)(H,22,23). The minimum atomic E-state index is -0.995. The summed E-state index contributed by atoms with van der Waals surface area (Å²) in [6, 6.07) is 2.96. The van der Waals surface area contributed by atoms with Gasteiger partial charge in [-0.15, -0.1) is 11.3 Å². The fourth-order valence-corrected chi connectivity index (χ4v) is 3.65. The quantitative estimate of drug-likeness (QED) is 0.800. The van der Waals surface area contributed by atoms with E-state index in [-0.39, 0.29) is 17.1 Å². The maximum Gasteiger partial charge on any atom is 0.305 e. The van der Waals surface area contributed by atoms with Crippen LogP contribution < -0.4 is 10.2 Å². The molecule has 0 radical (unpaired) electrons. The topological polar surface area (TPSA) is 95.4 Å². The first-order valence-corrected chi connectivity index (χ1v) is 9.14. The number of carboxylic acids is 1. The van der Waals surface area contributed by atoms with E-state index in [2.05, 4.69) is 15.3 Å². The van der Waals surface area contributed by atoms with Crippen LogP contribution in [-0.2, 0) is 4.79 Å². The average Bonchev–Trinajstić information content (AvgIpc) is 3.28. The number of anilines is 1. The van der Waals surface area contributed by atoms with Gasteiger partial charge in [-0.3, -0.25) is 9.59 Å². The molecule has 7 nitrogen and oxygen atoms in total. The number of amides is 1. The van der Waals surface area contributed by atoms with Crippen molar-refractivity contribution in [2.45, 2.75) is 25.3 Å². The summed E-state index contributed by atoms with van der Waals surface area (Å²) in [6.07, 6.45) is 3.32. The summed E-state index contributed by atoms with van der Waals surface area (Å²) in [5.74, 6) is -1.03. The van der Waals surface area contributed by atoms with Crippen molar-refractivity contribution >= 4 is 40.8 Å². The molecule has 1 aliphatic rings. The van der Waals surface area contributed by atoms with Crippen LogP contribution in [-0.4, -0.2) is 40.0 Å². The fourth-order valence-electron chi connectivity index (χ4n) is 2.70. The molecule has 0 saturated carbocycles. The van der Waals surface area contributed by atoms with Crippen molar-refractivity contribution < 1.29 is 14.7 Å². The van der Waals surface area contributed by atoms with E-state index in [4.69, 9.17) is 16.7 Å². The molecule has 1 amide bonds. The number of rotatable bonds is 6. The molecule has 1 saturated heterocycles. The van der Waals surface area contributed by atoms with Gasteiger partial charge in [-0.05, 0) is 24.3 Å². The highest BCUT2D eigenvalue weighted by Gasteiger charge is 2.24. The summed E-state index contributed by atoms with van der Waals surface area (Å²) < 4.78 is 0. The zero-order valence-electron chi connectivity index (χ0n) is 13.3. The Balaban J connectivity index is 1.81. The number of aliphatic carboxylic acids is 1. The van der Waals surface area contributed by atoms with Crippen LogP contribution in [0.5, 0.6) is 0 Å². The first-order chi connectivity index (χ1) is 12.0. The average molecular weight is 381 g/mol. The van der Waals surface area contributed by atoms with Gasteiger partial charge < -0.3 is 15.3 Å². The van der Waals surface area contributed by atoms with Gasteiger partial charge in [0.25, 0.3) is 5.91 Å². The van der Waals surface area contributed by atoms with Crippen LogP contribution in [0.1, 0.15) is 40.7 Å². The summed E-state index contributed by atoms with van der Waals surface area (Å²) >= 11 is 7.48. The molecule has 0 spiro atoms. The van der Waals surface area contributed by atoms with Crippen molar-refractivity contribution in [1.82, 2.24) is 15.3 Å². The summed E-state index contributed by atoms with van der Waals surface area (Å²) in [7, 11) is 0. The lowest BCUT2D eigenvalue weighted by Crippen LogP contribution is -2.31. The molecule has 1 fully saturated rings. The lowest BCUT2D eigenvalue weighted by Gasteiger charge is -2.18. The first-order valence-electron chi connectivity index (χ1n) is 7.88. The molecule has 9 heteroatoms. The maximum atomic E-state index is 12.6. The smallest absolute Gasteiger partial charge is 0.305 e. The van der Waals surface area contributed by atoms with E-state index >= 15 is 0 Å². The second kappa shape index (κ2) is 7.79. The molecule has 1 unspecified atom stereocenters. The molecule has 25 heavy (non-hydrogen) atoms. The van der Waals surface area contributed by atoms with Crippen molar-refractivity contribution in [3.63, 3.8) is 0 Å². The van der Waals surface area contributed by atoms with Gasteiger partial charge in [-0.25, -0.2) is 9.97 Å². The molecule has 1 aliphatic heterocycles. The van der Waals surface area contributed by atoms with Crippen LogP contribution >= 0.6 is 22.9 Å². The Kier molecular flexibility index (Phi) is 5.50. The lowest BCUT2D eigenvalue weighted by atomic mass is 10.1. The molecular formula is C16H17ClN4O3S. The Morgan fingerprint density at radius 1 is 1.40 bits per heavy atom. The van der Waals surface area contributed by atoms with Crippen LogP contribution in [0.15, 0.2) is 23.7 Å². The van der Waals surface area contributed by atoms with E-state index in [9.17, 15) is 9.59 Å².